The molecule has 1 saturated heterocycles. The van der Waals surface area contributed by atoms with E-state index in [1.165, 1.54) is 4.90 Å². The summed E-state index contributed by atoms with van der Waals surface area (Å²) in [7, 11) is 1.54. The number of amides is 1. The van der Waals surface area contributed by atoms with Crippen molar-refractivity contribution in [3.63, 3.8) is 0 Å². The standard InChI is InChI=1S/C11H19NO4/c1-4-7(2)10(13)12-6-8(16-3)5-9(12)11(14)15/h7-9H,4-6H2,1-3H3,(H,14,15). The summed E-state index contributed by atoms with van der Waals surface area (Å²) < 4.78 is 5.13. The van der Waals surface area contributed by atoms with E-state index in [-0.39, 0.29) is 17.9 Å². The van der Waals surface area contributed by atoms with Crippen molar-refractivity contribution in [3.8, 4) is 0 Å². The molecule has 3 unspecified atom stereocenters. The molecule has 5 heteroatoms. The third-order valence-electron chi connectivity index (χ3n) is 3.20. The van der Waals surface area contributed by atoms with Crippen molar-refractivity contribution in [2.24, 2.45) is 5.92 Å². The lowest BCUT2D eigenvalue weighted by molar-refractivity contribution is -0.149. The minimum Gasteiger partial charge on any atom is -0.480 e. The van der Waals surface area contributed by atoms with E-state index in [0.717, 1.165) is 6.42 Å². The third kappa shape index (κ3) is 2.52. The van der Waals surface area contributed by atoms with Crippen LogP contribution in [0.4, 0.5) is 0 Å². The van der Waals surface area contributed by atoms with Gasteiger partial charge in [0.15, 0.2) is 0 Å². The highest BCUT2D eigenvalue weighted by Gasteiger charge is 2.40. The molecule has 1 aliphatic rings. The van der Waals surface area contributed by atoms with E-state index in [2.05, 4.69) is 0 Å². The molecule has 1 aliphatic heterocycles. The highest BCUT2D eigenvalue weighted by atomic mass is 16.5. The van der Waals surface area contributed by atoms with E-state index >= 15 is 0 Å². The Morgan fingerprint density at radius 1 is 1.56 bits per heavy atom. The molecule has 92 valence electrons. The molecule has 0 saturated carbocycles. The Hall–Kier alpha value is -1.10. The van der Waals surface area contributed by atoms with Crippen LogP contribution < -0.4 is 0 Å². The van der Waals surface area contributed by atoms with Crippen molar-refractivity contribution in [2.45, 2.75) is 38.8 Å². The number of likely N-dealkylation sites (tertiary alicyclic amines) is 1. The molecular formula is C11H19NO4. The molecule has 0 bridgehead atoms. The minimum absolute atomic E-state index is 0.0885. The van der Waals surface area contributed by atoms with Crippen molar-refractivity contribution < 1.29 is 19.4 Å². The Morgan fingerprint density at radius 2 is 2.19 bits per heavy atom. The number of carboxylic acid groups (broad SMARTS) is 1. The first-order chi connectivity index (χ1) is 7.51. The summed E-state index contributed by atoms with van der Waals surface area (Å²) >= 11 is 0. The van der Waals surface area contributed by atoms with Gasteiger partial charge in [0.05, 0.1) is 6.10 Å². The van der Waals surface area contributed by atoms with Crippen LogP contribution in [0.25, 0.3) is 0 Å². The molecule has 1 rings (SSSR count). The van der Waals surface area contributed by atoms with Crippen LogP contribution in [0.15, 0.2) is 0 Å². The average molecular weight is 229 g/mol. The Kier molecular flexibility index (Phi) is 4.29. The van der Waals surface area contributed by atoms with E-state index < -0.39 is 12.0 Å². The molecule has 0 aromatic heterocycles. The molecular weight excluding hydrogens is 210 g/mol. The van der Waals surface area contributed by atoms with Gasteiger partial charge in [-0.2, -0.15) is 0 Å². The van der Waals surface area contributed by atoms with Crippen molar-refractivity contribution in [1.29, 1.82) is 0 Å². The molecule has 1 fully saturated rings. The summed E-state index contributed by atoms with van der Waals surface area (Å²) in [5.41, 5.74) is 0. The Labute approximate surface area is 95.4 Å². The topological polar surface area (TPSA) is 66.8 Å². The number of rotatable bonds is 4. The second-order valence-corrected chi connectivity index (χ2v) is 4.25. The predicted octanol–water partition coefficient (Wildman–Crippen LogP) is 0.733. The van der Waals surface area contributed by atoms with Crippen molar-refractivity contribution >= 4 is 11.9 Å². The van der Waals surface area contributed by atoms with Gasteiger partial charge in [-0.25, -0.2) is 4.79 Å². The van der Waals surface area contributed by atoms with Crippen LogP contribution in [0.2, 0.25) is 0 Å². The fraction of sp³-hybridized carbons (Fsp3) is 0.818. The minimum atomic E-state index is -0.948. The van der Waals surface area contributed by atoms with Gasteiger partial charge in [-0.1, -0.05) is 13.8 Å². The number of ether oxygens (including phenoxy) is 1. The number of hydrogen-bond acceptors (Lipinski definition) is 3. The van der Waals surface area contributed by atoms with Crippen molar-refractivity contribution in [1.82, 2.24) is 4.90 Å². The second-order valence-electron chi connectivity index (χ2n) is 4.25. The van der Waals surface area contributed by atoms with Gasteiger partial charge in [-0.3, -0.25) is 4.79 Å². The van der Waals surface area contributed by atoms with Gasteiger partial charge in [-0.15, -0.1) is 0 Å². The molecule has 1 amide bonds. The lowest BCUT2D eigenvalue weighted by atomic mass is 10.1. The molecule has 0 radical (unpaired) electrons. The second kappa shape index (κ2) is 5.30. The number of nitrogens with zero attached hydrogens (tertiary/aromatic N) is 1. The van der Waals surface area contributed by atoms with E-state index in [4.69, 9.17) is 9.84 Å². The van der Waals surface area contributed by atoms with Gasteiger partial charge in [-0.05, 0) is 6.42 Å². The zero-order chi connectivity index (χ0) is 12.3. The summed E-state index contributed by atoms with van der Waals surface area (Å²) in [4.78, 5) is 24.4. The number of hydrogen-bond donors (Lipinski definition) is 1. The highest BCUT2D eigenvalue weighted by molar-refractivity contribution is 5.85. The summed E-state index contributed by atoms with van der Waals surface area (Å²) in [6.45, 7) is 4.13. The Balaban J connectivity index is 2.76. The van der Waals surface area contributed by atoms with Crippen LogP contribution in [-0.2, 0) is 14.3 Å². The quantitative estimate of drug-likeness (QED) is 0.771. The number of methoxy groups -OCH3 is 1. The molecule has 5 nitrogen and oxygen atoms in total. The lowest BCUT2D eigenvalue weighted by Gasteiger charge is -2.24. The SMILES string of the molecule is CCC(C)C(=O)N1CC(OC)CC1C(=O)O. The van der Waals surface area contributed by atoms with Gasteiger partial charge in [0.25, 0.3) is 0 Å². The first kappa shape index (κ1) is 13.0. The molecule has 1 N–H and O–H groups in total. The molecule has 3 atom stereocenters. The fourth-order valence-corrected chi connectivity index (χ4v) is 1.90. The monoisotopic (exact) mass is 229 g/mol. The normalized spacial score (nSPS) is 26.8. The lowest BCUT2D eigenvalue weighted by Crippen LogP contribution is -2.43. The van der Waals surface area contributed by atoms with Gasteiger partial charge in [0, 0.05) is 26.0 Å². The molecule has 0 aromatic carbocycles. The third-order valence-corrected chi connectivity index (χ3v) is 3.20. The maximum atomic E-state index is 12.0. The van der Waals surface area contributed by atoms with Crippen molar-refractivity contribution in [2.75, 3.05) is 13.7 Å². The van der Waals surface area contributed by atoms with E-state index in [1.54, 1.807) is 7.11 Å². The van der Waals surface area contributed by atoms with Crippen LogP contribution in [0.3, 0.4) is 0 Å². The first-order valence-electron chi connectivity index (χ1n) is 5.57. The van der Waals surface area contributed by atoms with E-state index in [9.17, 15) is 9.59 Å². The first-order valence-corrected chi connectivity index (χ1v) is 5.57. The molecule has 0 spiro atoms. The van der Waals surface area contributed by atoms with Crippen LogP contribution in [-0.4, -0.2) is 47.7 Å². The zero-order valence-corrected chi connectivity index (χ0v) is 9.97. The Bertz CT molecular complexity index is 279. The maximum Gasteiger partial charge on any atom is 0.326 e. The van der Waals surface area contributed by atoms with Crippen molar-refractivity contribution in [3.05, 3.63) is 0 Å². The van der Waals surface area contributed by atoms with Gasteiger partial charge in [0.2, 0.25) is 5.91 Å². The van der Waals surface area contributed by atoms with Crippen LogP contribution in [0.5, 0.6) is 0 Å². The Morgan fingerprint density at radius 3 is 2.62 bits per heavy atom. The number of carboxylic acids is 1. The maximum absolute atomic E-state index is 12.0. The molecule has 0 aromatic rings. The number of aliphatic carboxylic acids is 1. The van der Waals surface area contributed by atoms with E-state index in [1.807, 2.05) is 13.8 Å². The molecule has 1 heterocycles. The smallest absolute Gasteiger partial charge is 0.326 e. The summed E-state index contributed by atoms with van der Waals surface area (Å²) in [6.07, 6.45) is 0.946. The summed E-state index contributed by atoms with van der Waals surface area (Å²) in [5.74, 6) is -1.16. The molecule has 16 heavy (non-hydrogen) atoms. The van der Waals surface area contributed by atoms with E-state index in [0.29, 0.717) is 13.0 Å². The fourth-order valence-electron chi connectivity index (χ4n) is 1.90. The summed E-state index contributed by atoms with van der Waals surface area (Å²) in [6, 6.07) is -0.730. The average Bonchev–Trinajstić information content (AvgIpc) is 2.71. The number of carbonyl (C=O) groups excluding carboxylic acids is 1. The van der Waals surface area contributed by atoms with Gasteiger partial charge in [0.1, 0.15) is 6.04 Å². The predicted molar refractivity (Wildman–Crippen MR) is 58.0 cm³/mol. The highest BCUT2D eigenvalue weighted by Crippen LogP contribution is 2.23. The van der Waals surface area contributed by atoms with Crippen LogP contribution in [0, 0.1) is 5.92 Å². The van der Waals surface area contributed by atoms with Gasteiger partial charge >= 0.3 is 5.97 Å². The zero-order valence-electron chi connectivity index (χ0n) is 9.97. The van der Waals surface area contributed by atoms with Crippen LogP contribution >= 0.6 is 0 Å². The largest absolute Gasteiger partial charge is 0.480 e. The van der Waals surface area contributed by atoms with Crippen LogP contribution in [0.1, 0.15) is 26.7 Å². The molecule has 0 aliphatic carbocycles. The van der Waals surface area contributed by atoms with Gasteiger partial charge < -0.3 is 14.7 Å². The number of carbonyl (C=O) groups is 2. The summed E-state index contributed by atoms with van der Waals surface area (Å²) in [5, 5.41) is 9.05.